The SMILES string of the molecule is COc1cc(C(=O)NC2CCN(C)CC2)ccc1Nc1ncc2c(n1)-c1c(nn(C)c1-c1occc1C)CC2. The van der Waals surface area contributed by atoms with Gasteiger partial charge in [-0.3, -0.25) is 9.48 Å². The van der Waals surface area contributed by atoms with Crippen molar-refractivity contribution in [1.82, 2.24) is 30.0 Å². The first-order chi connectivity index (χ1) is 18.9. The summed E-state index contributed by atoms with van der Waals surface area (Å²) in [6.45, 7) is 4.00. The molecule has 3 aromatic heterocycles. The third-order valence-electron chi connectivity index (χ3n) is 7.69. The van der Waals surface area contributed by atoms with E-state index < -0.39 is 0 Å². The third-order valence-corrected chi connectivity index (χ3v) is 7.69. The molecule has 10 heteroatoms. The van der Waals surface area contributed by atoms with Crippen LogP contribution in [-0.4, -0.2) is 63.8 Å². The molecule has 1 amide bonds. The number of rotatable bonds is 6. The lowest BCUT2D eigenvalue weighted by Gasteiger charge is -2.29. The van der Waals surface area contributed by atoms with E-state index >= 15 is 0 Å². The number of anilines is 2. The molecule has 2 aliphatic rings. The second kappa shape index (κ2) is 10.2. The van der Waals surface area contributed by atoms with Crippen LogP contribution in [0.2, 0.25) is 0 Å². The molecule has 6 rings (SSSR count). The van der Waals surface area contributed by atoms with Crippen LogP contribution in [0.1, 0.15) is 40.0 Å². The van der Waals surface area contributed by atoms with Gasteiger partial charge in [0.2, 0.25) is 5.95 Å². The van der Waals surface area contributed by atoms with Crippen LogP contribution >= 0.6 is 0 Å². The Morgan fingerprint density at radius 3 is 2.72 bits per heavy atom. The number of hydrogen-bond donors (Lipinski definition) is 2. The molecular weight excluding hydrogens is 494 g/mol. The van der Waals surface area contributed by atoms with Gasteiger partial charge in [0.1, 0.15) is 11.4 Å². The number of likely N-dealkylation sites (tertiary alicyclic amines) is 1. The van der Waals surface area contributed by atoms with E-state index in [4.69, 9.17) is 19.2 Å². The second-order valence-corrected chi connectivity index (χ2v) is 10.4. The number of amides is 1. The van der Waals surface area contributed by atoms with Crippen LogP contribution in [0, 0.1) is 6.92 Å². The highest BCUT2D eigenvalue weighted by Crippen LogP contribution is 2.41. The summed E-state index contributed by atoms with van der Waals surface area (Å²) in [6.07, 6.45) is 7.12. The van der Waals surface area contributed by atoms with Gasteiger partial charge < -0.3 is 24.7 Å². The van der Waals surface area contributed by atoms with E-state index in [9.17, 15) is 4.79 Å². The van der Waals surface area contributed by atoms with Crippen molar-refractivity contribution in [2.75, 3.05) is 32.6 Å². The number of methoxy groups -OCH3 is 1. The standard InChI is InChI=1S/C29H33N7O3/c1-17-11-14-39-27(17)26-24-22(34-36(26)3)8-6-19-16-30-29(33-25(19)24)32-21-7-5-18(15-23(21)38-4)28(37)31-20-9-12-35(2)13-10-20/h5,7,11,14-16,20H,6,8-10,12-13H2,1-4H3,(H,31,37)(H,30,32,33). The quantitative estimate of drug-likeness (QED) is 0.385. The molecule has 10 nitrogen and oxygen atoms in total. The zero-order valence-corrected chi connectivity index (χ0v) is 22.7. The number of ether oxygens (including phenoxy) is 1. The first-order valence-electron chi connectivity index (χ1n) is 13.3. The maximum Gasteiger partial charge on any atom is 0.251 e. The average Bonchev–Trinajstić information content (AvgIpc) is 3.51. The van der Waals surface area contributed by atoms with Crippen molar-refractivity contribution in [2.24, 2.45) is 7.05 Å². The minimum absolute atomic E-state index is 0.0933. The highest BCUT2D eigenvalue weighted by atomic mass is 16.5. The van der Waals surface area contributed by atoms with Crippen LogP contribution < -0.4 is 15.4 Å². The summed E-state index contributed by atoms with van der Waals surface area (Å²) in [7, 11) is 5.63. The van der Waals surface area contributed by atoms with Gasteiger partial charge in [-0.25, -0.2) is 9.97 Å². The molecule has 4 aromatic rings. The number of carbonyl (C=O) groups excluding carboxylic acids is 1. The number of fused-ring (bicyclic) bond motifs is 3. The molecule has 39 heavy (non-hydrogen) atoms. The summed E-state index contributed by atoms with van der Waals surface area (Å²) in [5, 5.41) is 11.2. The van der Waals surface area contributed by atoms with Crippen molar-refractivity contribution in [2.45, 2.75) is 38.6 Å². The van der Waals surface area contributed by atoms with Crippen molar-refractivity contribution in [3.05, 3.63) is 59.1 Å². The van der Waals surface area contributed by atoms with Crippen molar-refractivity contribution in [3.8, 4) is 28.5 Å². The van der Waals surface area contributed by atoms with Crippen LogP contribution in [0.4, 0.5) is 11.6 Å². The average molecular weight is 528 g/mol. The van der Waals surface area contributed by atoms with Crippen molar-refractivity contribution in [3.63, 3.8) is 0 Å². The smallest absolute Gasteiger partial charge is 0.251 e. The molecule has 1 saturated heterocycles. The predicted molar refractivity (Wildman–Crippen MR) is 148 cm³/mol. The van der Waals surface area contributed by atoms with Gasteiger partial charge in [0, 0.05) is 24.8 Å². The number of aromatic nitrogens is 4. The first-order valence-corrected chi connectivity index (χ1v) is 13.3. The fraction of sp³-hybridized carbons (Fsp3) is 0.379. The van der Waals surface area contributed by atoms with Crippen LogP contribution in [0.15, 0.2) is 41.1 Å². The number of nitrogens with zero attached hydrogens (tertiary/aromatic N) is 5. The van der Waals surface area contributed by atoms with E-state index in [-0.39, 0.29) is 11.9 Å². The summed E-state index contributed by atoms with van der Waals surface area (Å²) in [5.41, 5.74) is 7.09. The van der Waals surface area contributed by atoms with Gasteiger partial charge in [-0.1, -0.05) is 0 Å². The van der Waals surface area contributed by atoms with Crippen molar-refractivity contribution in [1.29, 1.82) is 0 Å². The Labute approximate surface area is 227 Å². The van der Waals surface area contributed by atoms with E-state index in [1.54, 1.807) is 25.5 Å². The number of hydrogen-bond acceptors (Lipinski definition) is 8. The zero-order chi connectivity index (χ0) is 27.1. The lowest BCUT2D eigenvalue weighted by Crippen LogP contribution is -2.43. The zero-order valence-electron chi connectivity index (χ0n) is 22.7. The number of nitrogens with one attached hydrogen (secondary N) is 2. The number of benzene rings is 1. The molecule has 0 saturated carbocycles. The summed E-state index contributed by atoms with van der Waals surface area (Å²) in [4.78, 5) is 24.7. The monoisotopic (exact) mass is 527 g/mol. The molecule has 0 bridgehead atoms. The van der Waals surface area contributed by atoms with Gasteiger partial charge in [-0.15, -0.1) is 0 Å². The third kappa shape index (κ3) is 4.76. The molecule has 1 aliphatic heterocycles. The molecule has 1 aromatic carbocycles. The summed E-state index contributed by atoms with van der Waals surface area (Å²) in [6, 6.07) is 7.52. The molecule has 0 spiro atoms. The summed E-state index contributed by atoms with van der Waals surface area (Å²) in [5.74, 6) is 1.68. The van der Waals surface area contributed by atoms with E-state index in [2.05, 4.69) is 27.6 Å². The van der Waals surface area contributed by atoms with Gasteiger partial charge in [0.25, 0.3) is 5.91 Å². The van der Waals surface area contributed by atoms with Gasteiger partial charge >= 0.3 is 0 Å². The van der Waals surface area contributed by atoms with E-state index in [0.29, 0.717) is 22.9 Å². The maximum atomic E-state index is 12.9. The Balaban J connectivity index is 1.27. The minimum Gasteiger partial charge on any atom is -0.495 e. The van der Waals surface area contributed by atoms with E-state index in [1.165, 1.54) is 0 Å². The Bertz CT molecular complexity index is 1530. The molecule has 4 heterocycles. The molecule has 1 fully saturated rings. The topological polar surface area (TPSA) is 110 Å². The van der Waals surface area contributed by atoms with Gasteiger partial charge in [0.05, 0.1) is 36.0 Å². The van der Waals surface area contributed by atoms with Crippen LogP contribution in [0.5, 0.6) is 5.75 Å². The molecular formula is C29H33N7O3. The second-order valence-electron chi connectivity index (χ2n) is 10.4. The Kier molecular flexibility index (Phi) is 6.56. The molecule has 1 aliphatic carbocycles. The van der Waals surface area contributed by atoms with Gasteiger partial charge in [-0.05, 0) is 88.1 Å². The normalized spacial score (nSPS) is 15.5. The minimum atomic E-state index is -0.0933. The maximum absolute atomic E-state index is 12.9. The number of aryl methyl sites for hydroxylation is 4. The Morgan fingerprint density at radius 1 is 1.15 bits per heavy atom. The van der Waals surface area contributed by atoms with Crippen LogP contribution in [0.25, 0.3) is 22.7 Å². The highest BCUT2D eigenvalue weighted by Gasteiger charge is 2.29. The molecule has 0 unspecified atom stereocenters. The largest absolute Gasteiger partial charge is 0.495 e. The highest BCUT2D eigenvalue weighted by molar-refractivity contribution is 5.95. The van der Waals surface area contributed by atoms with Crippen LogP contribution in [0.3, 0.4) is 0 Å². The van der Waals surface area contributed by atoms with E-state index in [1.807, 2.05) is 37.0 Å². The first kappa shape index (κ1) is 25.1. The fourth-order valence-electron chi connectivity index (χ4n) is 5.48. The fourth-order valence-corrected chi connectivity index (χ4v) is 5.48. The lowest BCUT2D eigenvalue weighted by molar-refractivity contribution is 0.0916. The molecule has 202 valence electrons. The lowest BCUT2D eigenvalue weighted by atomic mass is 9.92. The Hall–Kier alpha value is -4.18. The number of furan rings is 1. The molecule has 0 atom stereocenters. The number of piperidine rings is 1. The van der Waals surface area contributed by atoms with Gasteiger partial charge in [-0.2, -0.15) is 5.10 Å². The predicted octanol–water partition coefficient (Wildman–Crippen LogP) is 4.12. The van der Waals surface area contributed by atoms with Crippen molar-refractivity contribution < 1.29 is 13.9 Å². The van der Waals surface area contributed by atoms with Crippen molar-refractivity contribution >= 4 is 17.5 Å². The Morgan fingerprint density at radius 2 is 1.97 bits per heavy atom. The van der Waals surface area contributed by atoms with Gasteiger partial charge in [0.15, 0.2) is 5.76 Å². The molecule has 0 radical (unpaired) electrons. The number of carbonyl (C=O) groups is 1. The summed E-state index contributed by atoms with van der Waals surface area (Å²) >= 11 is 0. The van der Waals surface area contributed by atoms with Crippen LogP contribution in [-0.2, 0) is 19.9 Å². The van der Waals surface area contributed by atoms with E-state index in [0.717, 1.165) is 78.3 Å². The summed E-state index contributed by atoms with van der Waals surface area (Å²) < 4.78 is 13.3. The molecule has 2 N–H and O–H groups in total.